The van der Waals surface area contributed by atoms with E-state index in [0.717, 1.165) is 11.3 Å². The second-order valence-electron chi connectivity index (χ2n) is 4.79. The van der Waals surface area contributed by atoms with Crippen LogP contribution in [0.5, 0.6) is 0 Å². The number of pyridine rings is 1. The predicted octanol–water partition coefficient (Wildman–Crippen LogP) is 3.17. The molecule has 0 aliphatic carbocycles. The second kappa shape index (κ2) is 4.21. The Morgan fingerprint density at radius 2 is 1.67 bits per heavy atom. The van der Waals surface area contributed by atoms with E-state index in [0.29, 0.717) is 5.92 Å². The molecule has 0 fully saturated rings. The minimum absolute atomic E-state index is 0.161. The van der Waals surface area contributed by atoms with E-state index in [1.165, 1.54) is 5.56 Å². The van der Waals surface area contributed by atoms with E-state index >= 15 is 0 Å². The Bertz CT molecular complexity index is 413. The van der Waals surface area contributed by atoms with Crippen LogP contribution in [0, 0.1) is 13.8 Å². The summed E-state index contributed by atoms with van der Waals surface area (Å²) in [5, 5.41) is 0. The molecule has 1 heterocycles. The highest BCUT2D eigenvalue weighted by molar-refractivity contribution is 5.29. The Balaban J connectivity index is 3.52. The van der Waals surface area contributed by atoms with E-state index in [1.807, 2.05) is 32.3 Å². The minimum Gasteiger partial charge on any atom is -0.310 e. The predicted molar refractivity (Wildman–Crippen MR) is 64.7 cm³/mol. The van der Waals surface area contributed by atoms with E-state index in [1.54, 1.807) is 0 Å². The summed E-state index contributed by atoms with van der Waals surface area (Å²) in [6, 6.07) is 2.37. The zero-order valence-corrected chi connectivity index (χ0v) is 10.6. The third kappa shape index (κ3) is 2.14. The van der Waals surface area contributed by atoms with Gasteiger partial charge in [-0.15, -0.1) is 0 Å². The summed E-state index contributed by atoms with van der Waals surface area (Å²) in [6.07, 6.45) is 0. The molecule has 84 valence electrons. The fraction of sp³-hybridized carbons (Fsp3) is 0.615. The van der Waals surface area contributed by atoms with E-state index in [4.69, 9.17) is 0 Å². The first-order chi connectivity index (χ1) is 6.86. The lowest BCUT2D eigenvalue weighted by Crippen LogP contribution is -2.27. The Labute approximate surface area is 91.9 Å². The van der Waals surface area contributed by atoms with Crippen LogP contribution in [-0.2, 0) is 0 Å². The molecule has 1 aromatic rings. The average molecular weight is 207 g/mol. The number of hydrogen-bond donors (Lipinski definition) is 0. The van der Waals surface area contributed by atoms with Gasteiger partial charge < -0.3 is 4.57 Å². The highest BCUT2D eigenvalue weighted by Crippen LogP contribution is 2.19. The summed E-state index contributed by atoms with van der Waals surface area (Å²) in [7, 11) is 0. The molecule has 0 unspecified atom stereocenters. The van der Waals surface area contributed by atoms with Crippen molar-refractivity contribution >= 4 is 0 Å². The number of aromatic nitrogens is 1. The lowest BCUT2D eigenvalue weighted by atomic mass is 9.98. The summed E-state index contributed by atoms with van der Waals surface area (Å²) in [6.45, 7) is 12.3. The molecule has 1 rings (SSSR count). The summed E-state index contributed by atoms with van der Waals surface area (Å²) < 4.78 is 1.86. The zero-order valence-electron chi connectivity index (χ0n) is 10.6. The second-order valence-corrected chi connectivity index (χ2v) is 4.79. The molecule has 0 amide bonds. The van der Waals surface area contributed by atoms with Crippen molar-refractivity contribution in [2.24, 2.45) is 0 Å². The molecule has 15 heavy (non-hydrogen) atoms. The van der Waals surface area contributed by atoms with Gasteiger partial charge in [-0.3, -0.25) is 4.79 Å². The standard InChI is InChI=1S/C13H21NO/c1-8(2)12-7-10(5)14(9(3)4)13(15)11(12)6/h7-9H,1-6H3. The fourth-order valence-corrected chi connectivity index (χ4v) is 2.11. The van der Waals surface area contributed by atoms with E-state index < -0.39 is 0 Å². The third-order valence-electron chi connectivity index (χ3n) is 2.86. The number of hydrogen-bond acceptors (Lipinski definition) is 1. The van der Waals surface area contributed by atoms with Crippen molar-refractivity contribution in [1.82, 2.24) is 4.57 Å². The summed E-state index contributed by atoms with van der Waals surface area (Å²) in [4.78, 5) is 12.1. The van der Waals surface area contributed by atoms with Gasteiger partial charge >= 0.3 is 0 Å². The van der Waals surface area contributed by atoms with E-state index in [-0.39, 0.29) is 11.6 Å². The van der Waals surface area contributed by atoms with Gasteiger partial charge in [0.05, 0.1) is 0 Å². The highest BCUT2D eigenvalue weighted by atomic mass is 16.1. The molecule has 0 saturated heterocycles. The van der Waals surface area contributed by atoms with Crippen molar-refractivity contribution in [3.63, 3.8) is 0 Å². The van der Waals surface area contributed by atoms with Crippen molar-refractivity contribution in [2.45, 2.75) is 53.5 Å². The zero-order chi connectivity index (χ0) is 11.7. The Kier molecular flexibility index (Phi) is 3.38. The molecule has 0 atom stereocenters. The van der Waals surface area contributed by atoms with Gasteiger partial charge in [-0.05, 0) is 45.2 Å². The molecule has 0 saturated carbocycles. The van der Waals surface area contributed by atoms with Gasteiger partial charge in [0.1, 0.15) is 0 Å². The lowest BCUT2D eigenvalue weighted by molar-refractivity contribution is 0.556. The van der Waals surface area contributed by atoms with Gasteiger partial charge in [0, 0.05) is 17.3 Å². The quantitative estimate of drug-likeness (QED) is 0.730. The van der Waals surface area contributed by atoms with Crippen molar-refractivity contribution in [2.75, 3.05) is 0 Å². The minimum atomic E-state index is 0.161. The number of nitrogens with zero attached hydrogens (tertiary/aromatic N) is 1. The molecular formula is C13H21NO. The molecule has 0 aliphatic heterocycles. The van der Waals surface area contributed by atoms with Crippen LogP contribution in [0.15, 0.2) is 10.9 Å². The average Bonchev–Trinajstić information content (AvgIpc) is 2.10. The largest absolute Gasteiger partial charge is 0.310 e. The summed E-state index contributed by atoms with van der Waals surface area (Å²) >= 11 is 0. The van der Waals surface area contributed by atoms with Crippen molar-refractivity contribution < 1.29 is 0 Å². The molecule has 0 bridgehead atoms. The molecule has 0 N–H and O–H groups in total. The molecule has 1 aromatic heterocycles. The van der Waals surface area contributed by atoms with Crippen LogP contribution in [-0.4, -0.2) is 4.57 Å². The SMILES string of the molecule is Cc1c(C(C)C)cc(C)n(C(C)C)c1=O. The monoisotopic (exact) mass is 207 g/mol. The maximum atomic E-state index is 12.1. The van der Waals surface area contributed by atoms with Crippen LogP contribution < -0.4 is 5.56 Å². The third-order valence-corrected chi connectivity index (χ3v) is 2.86. The maximum absolute atomic E-state index is 12.1. The van der Waals surface area contributed by atoms with Gasteiger partial charge in [-0.1, -0.05) is 13.8 Å². The first kappa shape index (κ1) is 12.0. The fourth-order valence-electron chi connectivity index (χ4n) is 2.11. The van der Waals surface area contributed by atoms with Crippen LogP contribution >= 0.6 is 0 Å². The molecule has 0 aromatic carbocycles. The van der Waals surface area contributed by atoms with Gasteiger partial charge in [-0.2, -0.15) is 0 Å². The molecule has 2 heteroatoms. The van der Waals surface area contributed by atoms with Crippen LogP contribution in [0.4, 0.5) is 0 Å². The van der Waals surface area contributed by atoms with Gasteiger partial charge in [-0.25, -0.2) is 0 Å². The molecule has 0 radical (unpaired) electrons. The number of rotatable bonds is 2. The van der Waals surface area contributed by atoms with Crippen molar-refractivity contribution in [1.29, 1.82) is 0 Å². The topological polar surface area (TPSA) is 22.0 Å². The first-order valence-corrected chi connectivity index (χ1v) is 5.58. The van der Waals surface area contributed by atoms with Crippen LogP contribution in [0.3, 0.4) is 0 Å². The molecule has 0 aliphatic rings. The Hall–Kier alpha value is -1.05. The van der Waals surface area contributed by atoms with E-state index in [9.17, 15) is 4.79 Å². The first-order valence-electron chi connectivity index (χ1n) is 5.58. The van der Waals surface area contributed by atoms with Crippen molar-refractivity contribution in [3.8, 4) is 0 Å². The van der Waals surface area contributed by atoms with Gasteiger partial charge in [0.2, 0.25) is 0 Å². The summed E-state index contributed by atoms with van der Waals surface area (Å²) in [5.41, 5.74) is 3.29. The highest BCUT2D eigenvalue weighted by Gasteiger charge is 2.13. The normalized spacial score (nSPS) is 11.5. The molecular weight excluding hydrogens is 186 g/mol. The van der Waals surface area contributed by atoms with Crippen LogP contribution in [0.25, 0.3) is 0 Å². The van der Waals surface area contributed by atoms with Gasteiger partial charge in [0.15, 0.2) is 0 Å². The maximum Gasteiger partial charge on any atom is 0.254 e. The van der Waals surface area contributed by atoms with E-state index in [2.05, 4.69) is 19.9 Å². The van der Waals surface area contributed by atoms with Gasteiger partial charge in [0.25, 0.3) is 5.56 Å². The van der Waals surface area contributed by atoms with Crippen molar-refractivity contribution in [3.05, 3.63) is 33.2 Å². The van der Waals surface area contributed by atoms with Crippen LogP contribution in [0.2, 0.25) is 0 Å². The smallest absolute Gasteiger partial charge is 0.254 e. The Morgan fingerprint density at radius 3 is 2.07 bits per heavy atom. The molecule has 0 spiro atoms. The summed E-state index contributed by atoms with van der Waals surface area (Å²) in [5.74, 6) is 0.415. The molecule has 2 nitrogen and oxygen atoms in total. The van der Waals surface area contributed by atoms with Crippen LogP contribution in [0.1, 0.15) is 56.5 Å². The number of aryl methyl sites for hydroxylation is 1. The lowest BCUT2D eigenvalue weighted by Gasteiger charge is -2.18. The Morgan fingerprint density at radius 1 is 1.13 bits per heavy atom.